The smallest absolute Gasteiger partial charge is 0.286 e. The molecule has 1 aromatic rings. The Morgan fingerprint density at radius 2 is 1.60 bits per heavy atom. The van der Waals surface area contributed by atoms with E-state index in [0.717, 1.165) is 5.56 Å². The van der Waals surface area contributed by atoms with Crippen molar-refractivity contribution in [1.29, 1.82) is 0 Å². The van der Waals surface area contributed by atoms with Gasteiger partial charge in [-0.25, -0.2) is 0 Å². The summed E-state index contributed by atoms with van der Waals surface area (Å²) in [5, 5.41) is 0.587. The van der Waals surface area contributed by atoms with Crippen molar-refractivity contribution in [3.8, 4) is 0 Å². The molecule has 1 rings (SSSR count). The summed E-state index contributed by atoms with van der Waals surface area (Å²) < 4.78 is 29.7. The second-order valence-corrected chi connectivity index (χ2v) is 6.49. The summed E-state index contributed by atoms with van der Waals surface area (Å²) in [6.45, 7) is 7.05. The molecule has 0 amide bonds. The molecule has 0 radical (unpaired) electrons. The molecule has 0 aliphatic rings. The first-order chi connectivity index (χ1) is 9.62. The summed E-state index contributed by atoms with van der Waals surface area (Å²) in [6.07, 6.45) is 0. The minimum absolute atomic E-state index is 0.326. The molecule has 1 unspecified atom stereocenters. The standard InChI is InChI=1S/C14H24NO4P/c1-4-17-14(18-5-2)20(16,19-6-3)13-9-7-12(11-15)8-10-13/h7-10,14H,4-6,11,15H2,1-3H3. The fourth-order valence-electron chi connectivity index (χ4n) is 1.82. The van der Waals surface area contributed by atoms with Gasteiger partial charge in [0.15, 0.2) is 0 Å². The Morgan fingerprint density at radius 3 is 2.00 bits per heavy atom. The van der Waals surface area contributed by atoms with Gasteiger partial charge in [-0.3, -0.25) is 4.57 Å². The average molecular weight is 301 g/mol. The molecule has 0 aliphatic heterocycles. The minimum Gasteiger partial charge on any atom is -0.344 e. The summed E-state index contributed by atoms with van der Waals surface area (Å²) >= 11 is 0. The van der Waals surface area contributed by atoms with Gasteiger partial charge < -0.3 is 19.7 Å². The van der Waals surface area contributed by atoms with Crippen molar-refractivity contribution in [3.63, 3.8) is 0 Å². The predicted octanol–water partition coefficient (Wildman–Crippen LogP) is 2.44. The molecule has 0 saturated heterocycles. The second kappa shape index (κ2) is 8.55. The van der Waals surface area contributed by atoms with Gasteiger partial charge in [0, 0.05) is 25.1 Å². The topological polar surface area (TPSA) is 70.8 Å². The Labute approximate surface area is 120 Å². The molecule has 0 saturated carbocycles. The Morgan fingerprint density at radius 1 is 1.05 bits per heavy atom. The van der Waals surface area contributed by atoms with Crippen LogP contribution in [0.3, 0.4) is 0 Å². The number of benzene rings is 1. The van der Waals surface area contributed by atoms with Gasteiger partial charge in [0.25, 0.3) is 7.37 Å². The van der Waals surface area contributed by atoms with Gasteiger partial charge >= 0.3 is 0 Å². The van der Waals surface area contributed by atoms with Gasteiger partial charge in [-0.1, -0.05) is 12.1 Å². The molecule has 6 heteroatoms. The van der Waals surface area contributed by atoms with E-state index in [2.05, 4.69) is 0 Å². The molecular weight excluding hydrogens is 277 g/mol. The fourth-order valence-corrected chi connectivity index (χ4v) is 3.97. The van der Waals surface area contributed by atoms with E-state index in [0.29, 0.717) is 31.7 Å². The van der Waals surface area contributed by atoms with Crippen LogP contribution in [0.5, 0.6) is 0 Å². The monoisotopic (exact) mass is 301 g/mol. The van der Waals surface area contributed by atoms with Crippen molar-refractivity contribution in [3.05, 3.63) is 29.8 Å². The quantitative estimate of drug-likeness (QED) is 0.560. The molecule has 0 heterocycles. The van der Waals surface area contributed by atoms with Crippen LogP contribution in [0.1, 0.15) is 26.3 Å². The lowest BCUT2D eigenvalue weighted by Crippen LogP contribution is -2.25. The lowest BCUT2D eigenvalue weighted by Gasteiger charge is -2.26. The van der Waals surface area contributed by atoms with Crippen LogP contribution in [-0.4, -0.2) is 25.9 Å². The van der Waals surface area contributed by atoms with Crippen LogP contribution < -0.4 is 11.0 Å². The molecule has 114 valence electrons. The zero-order chi connectivity index (χ0) is 15.0. The maximum atomic E-state index is 13.2. The molecule has 0 spiro atoms. The Balaban J connectivity index is 3.12. The highest BCUT2D eigenvalue weighted by molar-refractivity contribution is 7.67. The van der Waals surface area contributed by atoms with Crippen LogP contribution >= 0.6 is 7.37 Å². The van der Waals surface area contributed by atoms with Gasteiger partial charge in [0.1, 0.15) is 0 Å². The van der Waals surface area contributed by atoms with Crippen molar-refractivity contribution in [2.75, 3.05) is 19.8 Å². The zero-order valence-corrected chi connectivity index (χ0v) is 13.3. The molecule has 2 N–H and O–H groups in total. The number of hydrogen-bond donors (Lipinski definition) is 1. The van der Waals surface area contributed by atoms with Crippen molar-refractivity contribution in [2.24, 2.45) is 5.73 Å². The molecule has 5 nitrogen and oxygen atoms in total. The third-order valence-electron chi connectivity index (χ3n) is 2.75. The molecule has 0 aromatic heterocycles. The maximum Gasteiger partial charge on any atom is 0.286 e. The first-order valence-corrected chi connectivity index (χ1v) is 8.58. The van der Waals surface area contributed by atoms with Crippen molar-refractivity contribution in [1.82, 2.24) is 0 Å². The molecule has 1 atom stereocenters. The van der Waals surface area contributed by atoms with E-state index in [1.54, 1.807) is 19.1 Å². The Kier molecular flexibility index (Phi) is 7.41. The van der Waals surface area contributed by atoms with Crippen LogP contribution in [0.2, 0.25) is 0 Å². The first-order valence-electron chi connectivity index (χ1n) is 6.89. The predicted molar refractivity (Wildman–Crippen MR) is 80.2 cm³/mol. The molecule has 0 fully saturated rings. The highest BCUT2D eigenvalue weighted by Crippen LogP contribution is 2.51. The molecule has 0 bridgehead atoms. The number of ether oxygens (including phenoxy) is 2. The van der Waals surface area contributed by atoms with Crippen LogP contribution in [0.25, 0.3) is 0 Å². The lowest BCUT2D eigenvalue weighted by atomic mass is 10.2. The maximum absolute atomic E-state index is 13.2. The van der Waals surface area contributed by atoms with E-state index in [1.165, 1.54) is 0 Å². The summed E-state index contributed by atoms with van der Waals surface area (Å²) in [4.78, 5) is 0. The Hall–Kier alpha value is -0.710. The average Bonchev–Trinajstić information content (AvgIpc) is 2.47. The normalized spacial score (nSPS) is 14.4. The first kappa shape index (κ1) is 17.3. The lowest BCUT2D eigenvalue weighted by molar-refractivity contribution is -0.0875. The number of nitrogens with two attached hydrogens (primary N) is 1. The fraction of sp³-hybridized carbons (Fsp3) is 0.571. The highest BCUT2D eigenvalue weighted by Gasteiger charge is 2.37. The van der Waals surface area contributed by atoms with Crippen molar-refractivity contribution in [2.45, 2.75) is 33.3 Å². The molecule has 20 heavy (non-hydrogen) atoms. The van der Waals surface area contributed by atoms with E-state index in [4.69, 9.17) is 19.7 Å². The van der Waals surface area contributed by atoms with E-state index >= 15 is 0 Å². The van der Waals surface area contributed by atoms with Gasteiger partial charge in [0.2, 0.25) is 6.03 Å². The van der Waals surface area contributed by atoms with E-state index in [9.17, 15) is 4.57 Å². The molecule has 0 aliphatic carbocycles. The minimum atomic E-state index is -3.23. The second-order valence-electron chi connectivity index (χ2n) is 4.10. The largest absolute Gasteiger partial charge is 0.344 e. The van der Waals surface area contributed by atoms with Crippen molar-refractivity contribution < 1.29 is 18.6 Å². The van der Waals surface area contributed by atoms with Crippen LogP contribution in [0.4, 0.5) is 0 Å². The third kappa shape index (κ3) is 4.14. The SMILES string of the molecule is CCOC(OCC)P(=O)(OCC)c1ccc(CN)cc1. The van der Waals surface area contributed by atoms with Crippen LogP contribution in [0.15, 0.2) is 24.3 Å². The van der Waals surface area contributed by atoms with Crippen molar-refractivity contribution >= 4 is 12.7 Å². The summed E-state index contributed by atoms with van der Waals surface area (Å²) in [6, 6.07) is 6.35. The van der Waals surface area contributed by atoms with Gasteiger partial charge in [0.05, 0.1) is 6.61 Å². The molecular formula is C14H24NO4P. The Bertz CT molecular complexity index is 429. The van der Waals surface area contributed by atoms with Crippen LogP contribution in [-0.2, 0) is 25.1 Å². The third-order valence-corrected chi connectivity index (χ3v) is 5.26. The summed E-state index contributed by atoms with van der Waals surface area (Å²) in [7, 11) is -3.23. The van der Waals surface area contributed by atoms with E-state index in [-0.39, 0.29) is 0 Å². The van der Waals surface area contributed by atoms with Crippen LogP contribution in [0, 0.1) is 0 Å². The summed E-state index contributed by atoms with van der Waals surface area (Å²) in [5.41, 5.74) is 6.55. The van der Waals surface area contributed by atoms with Gasteiger partial charge in [-0.15, -0.1) is 0 Å². The van der Waals surface area contributed by atoms with Gasteiger partial charge in [-0.05, 0) is 38.5 Å². The number of rotatable bonds is 9. The highest BCUT2D eigenvalue weighted by atomic mass is 31.2. The van der Waals surface area contributed by atoms with E-state index < -0.39 is 13.4 Å². The zero-order valence-electron chi connectivity index (χ0n) is 12.4. The van der Waals surface area contributed by atoms with Gasteiger partial charge in [-0.2, -0.15) is 0 Å². The van der Waals surface area contributed by atoms with E-state index in [1.807, 2.05) is 26.0 Å². The molecule has 1 aromatic carbocycles. The summed E-state index contributed by atoms with van der Waals surface area (Å²) in [5.74, 6) is 0. The number of hydrogen-bond acceptors (Lipinski definition) is 5.